The van der Waals surface area contributed by atoms with Gasteiger partial charge in [0.1, 0.15) is 17.3 Å². The number of aliphatic hydroxyl groups excluding tert-OH is 1. The molecule has 2 aromatic carbocycles. The van der Waals surface area contributed by atoms with Gasteiger partial charge in [0.25, 0.3) is 5.69 Å². The molecule has 2 aromatic rings. The van der Waals surface area contributed by atoms with Crippen molar-refractivity contribution < 1.29 is 19.2 Å². The molecule has 7 heteroatoms. The van der Waals surface area contributed by atoms with Crippen LogP contribution in [-0.2, 0) is 0 Å². The van der Waals surface area contributed by atoms with E-state index in [1.165, 1.54) is 37.3 Å². The van der Waals surface area contributed by atoms with Crippen LogP contribution in [0.1, 0.15) is 18.6 Å². The van der Waals surface area contributed by atoms with Crippen molar-refractivity contribution in [3.8, 4) is 11.5 Å². The van der Waals surface area contributed by atoms with Gasteiger partial charge in [0, 0.05) is 12.1 Å². The second-order valence-electron chi connectivity index (χ2n) is 4.30. The highest BCUT2D eigenvalue weighted by Crippen LogP contribution is 2.36. The maximum absolute atomic E-state index is 13.7. The average Bonchev–Trinajstić information content (AvgIpc) is 2.40. The Balaban J connectivity index is 2.39. The summed E-state index contributed by atoms with van der Waals surface area (Å²) in [6, 6.07) is 7.78. The van der Waals surface area contributed by atoms with E-state index in [1.807, 2.05) is 0 Å². The van der Waals surface area contributed by atoms with Crippen molar-refractivity contribution in [1.82, 2.24) is 0 Å². The van der Waals surface area contributed by atoms with Gasteiger partial charge in [-0.25, -0.2) is 4.39 Å². The summed E-state index contributed by atoms with van der Waals surface area (Å²) >= 11 is 5.91. The number of rotatable bonds is 4. The largest absolute Gasteiger partial charge is 0.455 e. The molecule has 0 aliphatic rings. The number of benzene rings is 2. The van der Waals surface area contributed by atoms with E-state index in [4.69, 9.17) is 16.3 Å². The number of nitro groups is 1. The average molecular weight is 312 g/mol. The molecule has 0 aliphatic carbocycles. The highest BCUT2D eigenvalue weighted by atomic mass is 35.5. The van der Waals surface area contributed by atoms with Gasteiger partial charge in [0.15, 0.2) is 0 Å². The molecule has 0 amide bonds. The maximum atomic E-state index is 13.7. The van der Waals surface area contributed by atoms with Gasteiger partial charge in [-0.15, -0.1) is 0 Å². The minimum atomic E-state index is -1.07. The first-order chi connectivity index (χ1) is 9.90. The van der Waals surface area contributed by atoms with E-state index in [2.05, 4.69) is 0 Å². The summed E-state index contributed by atoms with van der Waals surface area (Å²) in [6.07, 6.45) is -1.07. The Hall–Kier alpha value is -2.18. The third kappa shape index (κ3) is 3.29. The van der Waals surface area contributed by atoms with Crippen LogP contribution in [0.3, 0.4) is 0 Å². The molecule has 0 aromatic heterocycles. The van der Waals surface area contributed by atoms with E-state index in [0.29, 0.717) is 0 Å². The Morgan fingerprint density at radius 2 is 2.05 bits per heavy atom. The van der Waals surface area contributed by atoms with Gasteiger partial charge in [0.2, 0.25) is 0 Å². The SMILES string of the molecule is C[C@@H](O)c1c(F)cccc1Oc1ccc([N+](=O)[O-])cc1Cl. The summed E-state index contributed by atoms with van der Waals surface area (Å²) in [5.74, 6) is -0.379. The Morgan fingerprint density at radius 3 is 2.62 bits per heavy atom. The molecule has 0 radical (unpaired) electrons. The van der Waals surface area contributed by atoms with Crippen LogP contribution in [0.15, 0.2) is 36.4 Å². The number of nitro benzene ring substituents is 1. The molecule has 0 spiro atoms. The minimum Gasteiger partial charge on any atom is -0.455 e. The van der Waals surface area contributed by atoms with Crippen molar-refractivity contribution in [2.45, 2.75) is 13.0 Å². The molecule has 0 saturated carbocycles. The second kappa shape index (κ2) is 6.07. The molecule has 0 saturated heterocycles. The van der Waals surface area contributed by atoms with Gasteiger partial charge >= 0.3 is 0 Å². The van der Waals surface area contributed by atoms with Crippen LogP contribution in [0, 0.1) is 15.9 Å². The number of hydrogen-bond acceptors (Lipinski definition) is 4. The molecule has 0 bridgehead atoms. The zero-order valence-electron chi connectivity index (χ0n) is 10.9. The predicted molar refractivity (Wildman–Crippen MR) is 75.2 cm³/mol. The number of aliphatic hydroxyl groups is 1. The van der Waals surface area contributed by atoms with Crippen LogP contribution in [0.5, 0.6) is 11.5 Å². The van der Waals surface area contributed by atoms with E-state index < -0.39 is 16.8 Å². The zero-order chi connectivity index (χ0) is 15.6. The second-order valence-corrected chi connectivity index (χ2v) is 4.71. The molecule has 1 atom stereocenters. The fourth-order valence-corrected chi connectivity index (χ4v) is 2.03. The number of halogens is 2. The summed E-state index contributed by atoms with van der Waals surface area (Å²) in [6.45, 7) is 1.41. The highest BCUT2D eigenvalue weighted by molar-refractivity contribution is 6.32. The Bertz CT molecular complexity index is 691. The molecule has 21 heavy (non-hydrogen) atoms. The summed E-state index contributed by atoms with van der Waals surface area (Å²) in [4.78, 5) is 10.1. The van der Waals surface area contributed by atoms with E-state index in [0.717, 1.165) is 6.07 Å². The zero-order valence-corrected chi connectivity index (χ0v) is 11.7. The van der Waals surface area contributed by atoms with Crippen molar-refractivity contribution in [3.05, 3.63) is 62.9 Å². The van der Waals surface area contributed by atoms with Crippen LogP contribution in [0.25, 0.3) is 0 Å². The van der Waals surface area contributed by atoms with Crippen LogP contribution in [0.2, 0.25) is 5.02 Å². The van der Waals surface area contributed by atoms with E-state index in [1.54, 1.807) is 0 Å². The van der Waals surface area contributed by atoms with Crippen LogP contribution in [-0.4, -0.2) is 10.0 Å². The monoisotopic (exact) mass is 311 g/mol. The quantitative estimate of drug-likeness (QED) is 0.677. The van der Waals surface area contributed by atoms with Gasteiger partial charge in [-0.1, -0.05) is 17.7 Å². The molecular weight excluding hydrogens is 301 g/mol. The third-order valence-corrected chi connectivity index (χ3v) is 3.07. The molecule has 0 unspecified atom stereocenters. The van der Waals surface area contributed by atoms with E-state index in [9.17, 15) is 19.6 Å². The van der Waals surface area contributed by atoms with Crippen molar-refractivity contribution in [2.75, 3.05) is 0 Å². The fourth-order valence-electron chi connectivity index (χ4n) is 1.82. The smallest absolute Gasteiger partial charge is 0.271 e. The predicted octanol–water partition coefficient (Wildman–Crippen LogP) is 4.23. The summed E-state index contributed by atoms with van der Waals surface area (Å²) in [7, 11) is 0. The highest BCUT2D eigenvalue weighted by Gasteiger charge is 2.17. The number of ether oxygens (including phenoxy) is 1. The molecule has 2 rings (SSSR count). The first-order valence-electron chi connectivity index (χ1n) is 5.98. The molecular formula is C14H11ClFNO4. The van der Waals surface area contributed by atoms with Gasteiger partial charge in [-0.05, 0) is 25.1 Å². The molecule has 0 heterocycles. The summed E-state index contributed by atoms with van der Waals surface area (Å²) in [5, 5.41) is 20.3. The van der Waals surface area contributed by atoms with E-state index in [-0.39, 0.29) is 27.8 Å². The van der Waals surface area contributed by atoms with Crippen molar-refractivity contribution in [1.29, 1.82) is 0 Å². The number of non-ortho nitro benzene ring substituents is 1. The third-order valence-electron chi connectivity index (χ3n) is 2.78. The van der Waals surface area contributed by atoms with Crippen molar-refractivity contribution in [3.63, 3.8) is 0 Å². The molecule has 1 N–H and O–H groups in total. The Morgan fingerprint density at radius 1 is 1.33 bits per heavy atom. The van der Waals surface area contributed by atoms with Crippen molar-refractivity contribution in [2.24, 2.45) is 0 Å². The normalized spacial score (nSPS) is 12.0. The van der Waals surface area contributed by atoms with Crippen LogP contribution < -0.4 is 4.74 Å². The van der Waals surface area contributed by atoms with Crippen LogP contribution in [0.4, 0.5) is 10.1 Å². The fraction of sp³-hybridized carbons (Fsp3) is 0.143. The van der Waals surface area contributed by atoms with Gasteiger partial charge in [-0.2, -0.15) is 0 Å². The lowest BCUT2D eigenvalue weighted by atomic mass is 10.1. The lowest BCUT2D eigenvalue weighted by molar-refractivity contribution is -0.384. The van der Waals surface area contributed by atoms with E-state index >= 15 is 0 Å². The van der Waals surface area contributed by atoms with Gasteiger partial charge in [-0.3, -0.25) is 10.1 Å². The van der Waals surface area contributed by atoms with Crippen LogP contribution >= 0.6 is 11.6 Å². The lowest BCUT2D eigenvalue weighted by Gasteiger charge is -2.14. The Kier molecular flexibility index (Phi) is 4.40. The number of nitrogens with zero attached hydrogens (tertiary/aromatic N) is 1. The lowest BCUT2D eigenvalue weighted by Crippen LogP contribution is -2.00. The first-order valence-corrected chi connectivity index (χ1v) is 6.36. The molecule has 110 valence electrons. The standard InChI is InChI=1S/C14H11ClFNO4/c1-8(18)14-11(16)3-2-4-13(14)21-12-6-5-9(17(19)20)7-10(12)15/h2-8,18H,1H3/t8-/m1/s1. The molecule has 0 fully saturated rings. The molecule has 0 aliphatic heterocycles. The van der Waals surface area contributed by atoms with Gasteiger partial charge < -0.3 is 9.84 Å². The molecule has 5 nitrogen and oxygen atoms in total. The van der Waals surface area contributed by atoms with Gasteiger partial charge in [0.05, 0.1) is 21.6 Å². The Labute approximate surface area is 124 Å². The first kappa shape index (κ1) is 15.2. The topological polar surface area (TPSA) is 72.6 Å². The van der Waals surface area contributed by atoms with Crippen molar-refractivity contribution >= 4 is 17.3 Å². The number of hydrogen-bond donors (Lipinski definition) is 1. The maximum Gasteiger partial charge on any atom is 0.271 e. The summed E-state index contributed by atoms with van der Waals surface area (Å²) in [5.41, 5.74) is -0.186. The summed E-state index contributed by atoms with van der Waals surface area (Å²) < 4.78 is 19.2. The minimum absolute atomic E-state index is 0.00748.